The molecule has 0 bridgehead atoms. The van der Waals surface area contributed by atoms with Crippen LogP contribution >= 0.6 is 0 Å². The molecule has 1 saturated heterocycles. The summed E-state index contributed by atoms with van der Waals surface area (Å²) in [6.45, 7) is 3.71. The van der Waals surface area contributed by atoms with Gasteiger partial charge in [-0.15, -0.1) is 0 Å². The Bertz CT molecular complexity index is 127. The molecule has 1 aliphatic heterocycles. The maximum atomic E-state index is 3.54. The van der Waals surface area contributed by atoms with E-state index in [1.807, 2.05) is 0 Å². The van der Waals surface area contributed by atoms with Crippen LogP contribution in [0, 0.1) is 5.92 Å². The number of hydrogen-bond acceptors (Lipinski definition) is 1. The van der Waals surface area contributed by atoms with Gasteiger partial charge in [0.15, 0.2) is 0 Å². The third-order valence-electron chi connectivity index (χ3n) is 3.33. The Morgan fingerprint density at radius 2 is 2.10 bits per heavy atom. The van der Waals surface area contributed by atoms with Crippen LogP contribution in [0.15, 0.2) is 0 Å². The van der Waals surface area contributed by atoms with Crippen molar-refractivity contribution in [3.05, 3.63) is 0 Å². The topological polar surface area (TPSA) is 21.9 Å². The highest BCUT2D eigenvalue weighted by molar-refractivity contribution is 5.07. The van der Waals surface area contributed by atoms with Crippen LogP contribution in [0.5, 0.6) is 0 Å². The van der Waals surface area contributed by atoms with Crippen molar-refractivity contribution in [2.45, 2.75) is 44.6 Å². The molecule has 58 valence electrons. The van der Waals surface area contributed by atoms with Crippen molar-refractivity contribution in [3.8, 4) is 0 Å². The first-order chi connectivity index (χ1) is 4.83. The molecule has 2 aliphatic rings. The Morgan fingerprint density at radius 3 is 2.80 bits per heavy atom. The standard InChI is InChI=1S/C9H17N/c1-8-5-3-2-4-6-9(8)7-10-9/h8,10H,2-7H2,1H3/t8?,9-/m0/s1. The molecule has 1 saturated carbocycles. The lowest BCUT2D eigenvalue weighted by Crippen LogP contribution is -2.23. The summed E-state index contributed by atoms with van der Waals surface area (Å²) in [6.07, 6.45) is 7.27. The molecule has 1 aliphatic carbocycles. The second kappa shape index (κ2) is 2.23. The van der Waals surface area contributed by atoms with E-state index in [1.54, 1.807) is 0 Å². The first-order valence-corrected chi connectivity index (χ1v) is 4.58. The Balaban J connectivity index is 2.02. The van der Waals surface area contributed by atoms with Crippen LogP contribution in [0.4, 0.5) is 0 Å². The molecular weight excluding hydrogens is 122 g/mol. The van der Waals surface area contributed by atoms with E-state index in [0.29, 0.717) is 5.54 Å². The molecule has 1 spiro atoms. The molecule has 1 nitrogen and oxygen atoms in total. The molecule has 0 aromatic rings. The van der Waals surface area contributed by atoms with Crippen molar-refractivity contribution in [1.29, 1.82) is 0 Å². The Kier molecular flexibility index (Phi) is 1.48. The van der Waals surface area contributed by atoms with Gasteiger partial charge in [-0.3, -0.25) is 0 Å². The largest absolute Gasteiger partial charge is 0.308 e. The van der Waals surface area contributed by atoms with Crippen LogP contribution in [-0.4, -0.2) is 12.1 Å². The molecule has 0 amide bonds. The van der Waals surface area contributed by atoms with E-state index in [1.165, 1.54) is 38.6 Å². The molecule has 0 aromatic heterocycles. The summed E-state index contributed by atoms with van der Waals surface area (Å²) >= 11 is 0. The van der Waals surface area contributed by atoms with E-state index in [0.717, 1.165) is 5.92 Å². The summed E-state index contributed by atoms with van der Waals surface area (Å²) in [5.41, 5.74) is 0.622. The first-order valence-electron chi connectivity index (χ1n) is 4.58. The van der Waals surface area contributed by atoms with Crippen molar-refractivity contribution in [3.63, 3.8) is 0 Å². The van der Waals surface area contributed by atoms with Gasteiger partial charge in [-0.25, -0.2) is 0 Å². The quantitative estimate of drug-likeness (QED) is 0.509. The van der Waals surface area contributed by atoms with Gasteiger partial charge in [0.2, 0.25) is 0 Å². The van der Waals surface area contributed by atoms with E-state index in [-0.39, 0.29) is 0 Å². The van der Waals surface area contributed by atoms with Gasteiger partial charge in [0.05, 0.1) is 0 Å². The maximum absolute atomic E-state index is 3.54. The van der Waals surface area contributed by atoms with Crippen LogP contribution in [0.25, 0.3) is 0 Å². The van der Waals surface area contributed by atoms with Crippen molar-refractivity contribution in [2.24, 2.45) is 5.92 Å². The summed E-state index contributed by atoms with van der Waals surface area (Å²) in [5.74, 6) is 0.940. The van der Waals surface area contributed by atoms with Crippen LogP contribution in [0.1, 0.15) is 39.0 Å². The fourth-order valence-electron chi connectivity index (χ4n) is 2.23. The molecule has 2 atom stereocenters. The van der Waals surface area contributed by atoms with Gasteiger partial charge in [0.1, 0.15) is 0 Å². The highest BCUT2D eigenvalue weighted by Crippen LogP contribution is 2.38. The van der Waals surface area contributed by atoms with Gasteiger partial charge >= 0.3 is 0 Å². The fraction of sp³-hybridized carbons (Fsp3) is 1.00. The Labute approximate surface area is 63.2 Å². The lowest BCUT2D eigenvalue weighted by atomic mass is 9.89. The third kappa shape index (κ3) is 0.968. The maximum Gasteiger partial charge on any atom is 0.0332 e. The molecule has 1 heteroatoms. The van der Waals surface area contributed by atoms with Gasteiger partial charge in [-0.05, 0) is 18.8 Å². The minimum absolute atomic E-state index is 0.622. The van der Waals surface area contributed by atoms with Gasteiger partial charge in [0.25, 0.3) is 0 Å². The highest BCUT2D eigenvalue weighted by atomic mass is 15.2. The summed E-state index contributed by atoms with van der Waals surface area (Å²) in [5, 5.41) is 3.54. The Hall–Kier alpha value is -0.0400. The third-order valence-corrected chi connectivity index (χ3v) is 3.33. The predicted molar refractivity (Wildman–Crippen MR) is 43.0 cm³/mol. The molecule has 1 N–H and O–H groups in total. The zero-order valence-corrected chi connectivity index (χ0v) is 6.82. The van der Waals surface area contributed by atoms with E-state index >= 15 is 0 Å². The molecule has 10 heavy (non-hydrogen) atoms. The van der Waals surface area contributed by atoms with Crippen molar-refractivity contribution in [1.82, 2.24) is 5.32 Å². The molecule has 1 unspecified atom stereocenters. The van der Waals surface area contributed by atoms with E-state index in [2.05, 4.69) is 12.2 Å². The lowest BCUT2D eigenvalue weighted by molar-refractivity contribution is 0.397. The smallest absolute Gasteiger partial charge is 0.0332 e. The average molecular weight is 139 g/mol. The zero-order chi connectivity index (χ0) is 7.03. The summed E-state index contributed by atoms with van der Waals surface area (Å²) in [7, 11) is 0. The van der Waals surface area contributed by atoms with E-state index in [9.17, 15) is 0 Å². The van der Waals surface area contributed by atoms with Crippen molar-refractivity contribution < 1.29 is 0 Å². The van der Waals surface area contributed by atoms with Gasteiger partial charge < -0.3 is 5.32 Å². The molecular formula is C9H17N. The van der Waals surface area contributed by atoms with Gasteiger partial charge in [0, 0.05) is 12.1 Å². The number of hydrogen-bond donors (Lipinski definition) is 1. The van der Waals surface area contributed by atoms with E-state index < -0.39 is 0 Å². The van der Waals surface area contributed by atoms with Crippen LogP contribution < -0.4 is 5.32 Å². The fourth-order valence-corrected chi connectivity index (χ4v) is 2.23. The predicted octanol–water partition coefficient (Wildman–Crippen LogP) is 1.93. The van der Waals surface area contributed by atoms with E-state index in [4.69, 9.17) is 0 Å². The van der Waals surface area contributed by atoms with Crippen molar-refractivity contribution in [2.75, 3.05) is 6.54 Å². The number of nitrogens with one attached hydrogen (secondary N) is 1. The second-order valence-corrected chi connectivity index (χ2v) is 4.01. The van der Waals surface area contributed by atoms with Crippen LogP contribution in [0.2, 0.25) is 0 Å². The molecule has 1 heterocycles. The molecule has 0 radical (unpaired) electrons. The van der Waals surface area contributed by atoms with Gasteiger partial charge in [-0.2, -0.15) is 0 Å². The SMILES string of the molecule is CC1CCCCC[C@]12CN2. The average Bonchev–Trinajstić information content (AvgIpc) is 2.69. The normalized spacial score (nSPS) is 47.1. The second-order valence-electron chi connectivity index (χ2n) is 4.01. The minimum Gasteiger partial charge on any atom is -0.308 e. The lowest BCUT2D eigenvalue weighted by Gasteiger charge is -2.17. The Morgan fingerprint density at radius 1 is 1.30 bits per heavy atom. The molecule has 2 rings (SSSR count). The summed E-state index contributed by atoms with van der Waals surface area (Å²) in [6, 6.07) is 0. The van der Waals surface area contributed by atoms with Crippen molar-refractivity contribution >= 4 is 0 Å². The highest BCUT2D eigenvalue weighted by Gasteiger charge is 2.46. The van der Waals surface area contributed by atoms with Gasteiger partial charge in [-0.1, -0.05) is 26.2 Å². The number of rotatable bonds is 0. The zero-order valence-electron chi connectivity index (χ0n) is 6.82. The minimum atomic E-state index is 0.622. The summed E-state index contributed by atoms with van der Waals surface area (Å²) < 4.78 is 0. The monoisotopic (exact) mass is 139 g/mol. The molecule has 0 aromatic carbocycles. The first kappa shape index (κ1) is 6.66. The van der Waals surface area contributed by atoms with Crippen LogP contribution in [0.3, 0.4) is 0 Å². The molecule has 2 fully saturated rings. The summed E-state index contributed by atoms with van der Waals surface area (Å²) in [4.78, 5) is 0. The van der Waals surface area contributed by atoms with Crippen LogP contribution in [-0.2, 0) is 0 Å².